The molecule has 0 aromatic heterocycles. The van der Waals surface area contributed by atoms with Crippen molar-refractivity contribution in [1.82, 2.24) is 4.90 Å². The summed E-state index contributed by atoms with van der Waals surface area (Å²) in [6, 6.07) is 0. The van der Waals surface area contributed by atoms with Crippen LogP contribution in [0.5, 0.6) is 0 Å². The summed E-state index contributed by atoms with van der Waals surface area (Å²) >= 11 is 0. The standard InChI is InChI=1S/C11H21NO/c1-9-5-7-12(8-6-9)11(3,4)10(2)13/h9H,5-8H2,1-4H3. The fourth-order valence-electron chi connectivity index (χ4n) is 1.79. The zero-order valence-corrected chi connectivity index (χ0v) is 9.26. The maximum atomic E-state index is 11.4. The Kier molecular flexibility index (Phi) is 3.12. The monoisotopic (exact) mass is 183 g/mol. The molecule has 0 unspecified atom stereocenters. The largest absolute Gasteiger partial charge is 0.298 e. The van der Waals surface area contributed by atoms with Crippen molar-refractivity contribution in [2.75, 3.05) is 13.1 Å². The number of piperidine rings is 1. The average Bonchev–Trinajstić information content (AvgIpc) is 2.04. The highest BCUT2D eigenvalue weighted by atomic mass is 16.1. The molecular formula is C11H21NO. The highest BCUT2D eigenvalue weighted by Gasteiger charge is 2.33. The van der Waals surface area contributed by atoms with Crippen LogP contribution in [0.15, 0.2) is 0 Å². The second kappa shape index (κ2) is 3.79. The quantitative estimate of drug-likeness (QED) is 0.653. The number of carbonyl (C=O) groups excluding carboxylic acids is 1. The first-order valence-electron chi connectivity index (χ1n) is 5.20. The van der Waals surface area contributed by atoms with Crippen LogP contribution < -0.4 is 0 Å². The van der Waals surface area contributed by atoms with Gasteiger partial charge in [0.1, 0.15) is 5.78 Å². The summed E-state index contributed by atoms with van der Waals surface area (Å²) < 4.78 is 0. The summed E-state index contributed by atoms with van der Waals surface area (Å²) in [7, 11) is 0. The van der Waals surface area contributed by atoms with E-state index in [1.807, 2.05) is 13.8 Å². The van der Waals surface area contributed by atoms with Gasteiger partial charge in [-0.05, 0) is 52.6 Å². The van der Waals surface area contributed by atoms with Gasteiger partial charge in [0, 0.05) is 0 Å². The van der Waals surface area contributed by atoms with Crippen molar-refractivity contribution in [1.29, 1.82) is 0 Å². The van der Waals surface area contributed by atoms with Crippen LogP contribution in [0.25, 0.3) is 0 Å². The molecule has 0 aromatic carbocycles. The topological polar surface area (TPSA) is 20.3 Å². The van der Waals surface area contributed by atoms with Crippen LogP contribution in [0.2, 0.25) is 0 Å². The van der Waals surface area contributed by atoms with Gasteiger partial charge in [0.2, 0.25) is 0 Å². The zero-order valence-electron chi connectivity index (χ0n) is 9.26. The van der Waals surface area contributed by atoms with Crippen LogP contribution in [-0.4, -0.2) is 29.3 Å². The van der Waals surface area contributed by atoms with E-state index in [9.17, 15) is 4.79 Å². The number of Topliss-reactive ketones (excluding diaryl/α,β-unsaturated/α-hetero) is 1. The molecule has 0 amide bonds. The molecule has 0 aromatic rings. The lowest BCUT2D eigenvalue weighted by Gasteiger charge is -2.40. The highest BCUT2D eigenvalue weighted by Crippen LogP contribution is 2.24. The Bertz CT molecular complexity index is 190. The molecule has 0 atom stereocenters. The number of ketones is 1. The summed E-state index contributed by atoms with van der Waals surface area (Å²) in [4.78, 5) is 13.7. The van der Waals surface area contributed by atoms with Gasteiger partial charge in [-0.1, -0.05) is 6.92 Å². The third-order valence-corrected chi connectivity index (χ3v) is 3.44. The first kappa shape index (κ1) is 10.7. The van der Waals surface area contributed by atoms with E-state index in [1.165, 1.54) is 12.8 Å². The third kappa shape index (κ3) is 2.31. The second-order valence-corrected chi connectivity index (χ2v) is 4.78. The van der Waals surface area contributed by atoms with Crippen LogP contribution in [0.4, 0.5) is 0 Å². The Hall–Kier alpha value is -0.370. The minimum Gasteiger partial charge on any atom is -0.298 e. The maximum absolute atomic E-state index is 11.4. The number of carbonyl (C=O) groups is 1. The Morgan fingerprint density at radius 1 is 1.31 bits per heavy atom. The minimum absolute atomic E-state index is 0.250. The van der Waals surface area contributed by atoms with E-state index in [-0.39, 0.29) is 11.3 Å². The summed E-state index contributed by atoms with van der Waals surface area (Å²) in [6.07, 6.45) is 2.47. The Morgan fingerprint density at radius 3 is 2.15 bits per heavy atom. The van der Waals surface area contributed by atoms with Gasteiger partial charge in [-0.25, -0.2) is 0 Å². The third-order valence-electron chi connectivity index (χ3n) is 3.44. The summed E-state index contributed by atoms with van der Waals surface area (Å²) in [5.41, 5.74) is -0.250. The molecule has 76 valence electrons. The minimum atomic E-state index is -0.250. The molecule has 0 saturated carbocycles. The molecule has 2 nitrogen and oxygen atoms in total. The Balaban J connectivity index is 2.58. The van der Waals surface area contributed by atoms with Gasteiger partial charge in [-0.15, -0.1) is 0 Å². The van der Waals surface area contributed by atoms with Crippen LogP contribution in [0.1, 0.15) is 40.5 Å². The van der Waals surface area contributed by atoms with Crippen molar-refractivity contribution in [3.63, 3.8) is 0 Å². The molecular weight excluding hydrogens is 162 g/mol. The van der Waals surface area contributed by atoms with Gasteiger partial charge < -0.3 is 0 Å². The number of rotatable bonds is 2. The summed E-state index contributed by atoms with van der Waals surface area (Å²) in [6.45, 7) is 10.2. The van der Waals surface area contributed by atoms with E-state index in [2.05, 4.69) is 11.8 Å². The fourth-order valence-corrected chi connectivity index (χ4v) is 1.79. The Labute approximate surface area is 81.3 Å². The van der Waals surface area contributed by atoms with E-state index in [1.54, 1.807) is 6.92 Å². The normalized spacial score (nSPS) is 21.8. The highest BCUT2D eigenvalue weighted by molar-refractivity contribution is 5.85. The van der Waals surface area contributed by atoms with E-state index in [0.29, 0.717) is 0 Å². The first-order valence-corrected chi connectivity index (χ1v) is 5.20. The van der Waals surface area contributed by atoms with E-state index >= 15 is 0 Å². The molecule has 1 aliphatic rings. The maximum Gasteiger partial charge on any atom is 0.149 e. The van der Waals surface area contributed by atoms with Gasteiger partial charge in [-0.3, -0.25) is 9.69 Å². The van der Waals surface area contributed by atoms with Gasteiger partial charge >= 0.3 is 0 Å². The Morgan fingerprint density at radius 2 is 1.77 bits per heavy atom. The van der Waals surface area contributed by atoms with Crippen molar-refractivity contribution in [3.05, 3.63) is 0 Å². The van der Waals surface area contributed by atoms with Gasteiger partial charge in [0.05, 0.1) is 5.54 Å². The van der Waals surface area contributed by atoms with Crippen LogP contribution in [-0.2, 0) is 4.79 Å². The molecule has 0 spiro atoms. The fraction of sp³-hybridized carbons (Fsp3) is 0.909. The molecule has 1 aliphatic heterocycles. The van der Waals surface area contributed by atoms with Gasteiger partial charge in [-0.2, -0.15) is 0 Å². The van der Waals surface area contributed by atoms with Crippen molar-refractivity contribution in [2.24, 2.45) is 5.92 Å². The van der Waals surface area contributed by atoms with Gasteiger partial charge in [0.25, 0.3) is 0 Å². The van der Waals surface area contributed by atoms with E-state index < -0.39 is 0 Å². The lowest BCUT2D eigenvalue weighted by Crippen LogP contribution is -2.52. The smallest absolute Gasteiger partial charge is 0.149 e. The summed E-state index contributed by atoms with van der Waals surface area (Å²) in [5.74, 6) is 1.11. The molecule has 13 heavy (non-hydrogen) atoms. The van der Waals surface area contributed by atoms with Crippen LogP contribution in [0.3, 0.4) is 0 Å². The zero-order chi connectivity index (χ0) is 10.1. The molecule has 1 saturated heterocycles. The first-order chi connectivity index (χ1) is 5.94. The second-order valence-electron chi connectivity index (χ2n) is 4.78. The number of hydrogen-bond donors (Lipinski definition) is 0. The SMILES string of the molecule is CC(=O)C(C)(C)N1CCC(C)CC1. The molecule has 0 radical (unpaired) electrons. The molecule has 0 bridgehead atoms. The average molecular weight is 183 g/mol. The van der Waals surface area contributed by atoms with Crippen molar-refractivity contribution in [2.45, 2.75) is 46.1 Å². The molecule has 1 heterocycles. The van der Waals surface area contributed by atoms with Crippen LogP contribution in [0, 0.1) is 5.92 Å². The predicted molar refractivity (Wildman–Crippen MR) is 54.7 cm³/mol. The molecule has 0 N–H and O–H groups in total. The number of hydrogen-bond acceptors (Lipinski definition) is 2. The molecule has 2 heteroatoms. The van der Waals surface area contributed by atoms with Crippen molar-refractivity contribution < 1.29 is 4.79 Å². The number of likely N-dealkylation sites (tertiary alicyclic amines) is 1. The van der Waals surface area contributed by atoms with Crippen molar-refractivity contribution >= 4 is 5.78 Å². The van der Waals surface area contributed by atoms with Crippen LogP contribution >= 0.6 is 0 Å². The van der Waals surface area contributed by atoms with Gasteiger partial charge in [0.15, 0.2) is 0 Å². The van der Waals surface area contributed by atoms with Crippen molar-refractivity contribution in [3.8, 4) is 0 Å². The lowest BCUT2D eigenvalue weighted by molar-refractivity contribution is -0.128. The number of nitrogens with zero attached hydrogens (tertiary/aromatic N) is 1. The lowest BCUT2D eigenvalue weighted by atomic mass is 9.91. The van der Waals surface area contributed by atoms with E-state index in [4.69, 9.17) is 0 Å². The summed E-state index contributed by atoms with van der Waals surface area (Å²) in [5, 5.41) is 0. The molecule has 1 rings (SSSR count). The molecule has 0 aliphatic carbocycles. The molecule has 1 fully saturated rings. The van der Waals surface area contributed by atoms with E-state index in [0.717, 1.165) is 19.0 Å². The predicted octanol–water partition coefficient (Wildman–Crippen LogP) is 2.09.